The first-order chi connectivity index (χ1) is 47.6. The molecule has 0 N–H and O–H groups in total. The van der Waals surface area contributed by atoms with Crippen LogP contribution in [0.4, 0.5) is 34.1 Å². The van der Waals surface area contributed by atoms with Crippen LogP contribution >= 0.6 is 0 Å². The highest BCUT2D eigenvalue weighted by Gasteiger charge is 2.24. The molecule has 0 radical (unpaired) electrons. The van der Waals surface area contributed by atoms with Gasteiger partial charge in [0.15, 0.2) is 0 Å². The van der Waals surface area contributed by atoms with E-state index in [0.29, 0.717) is 0 Å². The summed E-state index contributed by atoms with van der Waals surface area (Å²) in [6.07, 6.45) is 10.3. The summed E-state index contributed by atoms with van der Waals surface area (Å²) in [6.45, 7) is 0. The van der Waals surface area contributed by atoms with Crippen molar-refractivity contribution in [2.24, 2.45) is 0 Å². The fourth-order valence-electron chi connectivity index (χ4n) is 15.9. The Balaban J connectivity index is 0.771. The first-order valence-electron chi connectivity index (χ1n) is 33.0. The summed E-state index contributed by atoms with van der Waals surface area (Å²) in [4.78, 5) is 15.0. The van der Waals surface area contributed by atoms with Crippen LogP contribution in [0.15, 0.2) is 322 Å². The molecule has 96 heavy (non-hydrogen) atoms. The van der Waals surface area contributed by atoms with E-state index in [1.165, 1.54) is 87.6 Å². The second-order valence-electron chi connectivity index (χ2n) is 25.2. The maximum Gasteiger partial charge on any atom is 0.0971 e. The Hall–Kier alpha value is -12.8. The molecule has 1 aliphatic rings. The smallest absolute Gasteiger partial charge is 0.0971 e. The lowest BCUT2D eigenvalue weighted by molar-refractivity contribution is 0.967. The minimum Gasteiger partial charge on any atom is -0.310 e. The summed E-state index contributed by atoms with van der Waals surface area (Å²) < 4.78 is 9.60. The summed E-state index contributed by atoms with van der Waals surface area (Å²) in [7, 11) is 0. The van der Waals surface area contributed by atoms with Gasteiger partial charge in [-0.1, -0.05) is 146 Å². The van der Waals surface area contributed by atoms with Gasteiger partial charge >= 0.3 is 0 Å². The zero-order valence-electron chi connectivity index (χ0n) is 52.2. The van der Waals surface area contributed by atoms with E-state index in [1.54, 1.807) is 0 Å². The van der Waals surface area contributed by atoms with E-state index in [0.717, 1.165) is 102 Å². The molecule has 8 heteroatoms. The second-order valence-corrected chi connectivity index (χ2v) is 25.2. The molecule has 0 bridgehead atoms. The molecule has 450 valence electrons. The zero-order valence-corrected chi connectivity index (χ0v) is 52.2. The average Bonchev–Trinajstić information content (AvgIpc) is 0.904. The summed E-state index contributed by atoms with van der Waals surface area (Å²) >= 11 is 0. The molecule has 0 aliphatic heterocycles. The molecule has 5 aromatic heterocycles. The van der Waals surface area contributed by atoms with Gasteiger partial charge in [0.1, 0.15) is 0 Å². The monoisotopic (exact) mass is 1230 g/mol. The predicted octanol–water partition coefficient (Wildman–Crippen LogP) is 23.1. The maximum atomic E-state index is 5.10. The van der Waals surface area contributed by atoms with Crippen molar-refractivity contribution < 1.29 is 0 Å². The van der Waals surface area contributed by atoms with Gasteiger partial charge < -0.3 is 28.1 Å². The third kappa shape index (κ3) is 8.22. The molecule has 0 saturated heterocycles. The first-order valence-corrected chi connectivity index (χ1v) is 33.0. The van der Waals surface area contributed by atoms with Crippen molar-refractivity contribution in [3.8, 4) is 22.7 Å². The van der Waals surface area contributed by atoms with Crippen molar-refractivity contribution >= 4 is 149 Å². The van der Waals surface area contributed by atoms with Crippen molar-refractivity contribution in [1.29, 1.82) is 0 Å². The zero-order chi connectivity index (χ0) is 63.0. The number of para-hydroxylation sites is 7. The summed E-state index contributed by atoms with van der Waals surface area (Å²) in [5.74, 6) is 0. The molecule has 19 aromatic rings. The Bertz CT molecular complexity index is 6070. The van der Waals surface area contributed by atoms with Gasteiger partial charge in [-0.05, 0) is 199 Å². The number of aryl methyl sites for hydroxylation is 1. The Kier molecular flexibility index (Phi) is 12.0. The van der Waals surface area contributed by atoms with Crippen molar-refractivity contribution in [1.82, 2.24) is 28.2 Å². The Morgan fingerprint density at radius 3 is 0.865 bits per heavy atom. The molecule has 0 spiro atoms. The standard InChI is InChI=1S/C88H58N8/c1-9-25-79-67(17-1)68-18-2-10-26-80(68)93(79)61-41-33-57(34-42-61)91(58-35-43-62(44-36-58)94-81-27-11-3-19-69(81)70-20-4-12-28-82(70)94)65-49-51-75-77(55-65)78-56-66(50-52-76(78)88-87(75)89-53-54-90-88)92(59-37-45-63(46-38-59)95-83-29-13-5-21-71(83)72-22-6-14-30-84(72)95)60-39-47-64(48-40-60)96-85-31-15-7-23-73(85)74-24-8-16-32-86(74)96/h1-7,9-23,25-56H,8,24H2. The number of allylic oxidation sites excluding steroid dienone is 1. The van der Waals surface area contributed by atoms with Gasteiger partial charge in [0, 0.05) is 123 Å². The minimum absolute atomic E-state index is 0.861. The molecule has 8 nitrogen and oxygen atoms in total. The largest absolute Gasteiger partial charge is 0.310 e. The molecule has 1 aliphatic carbocycles. The summed E-state index contributed by atoms with van der Waals surface area (Å²) in [5.41, 5.74) is 23.2. The van der Waals surface area contributed by atoms with Crippen LogP contribution in [0, 0.1) is 0 Å². The van der Waals surface area contributed by atoms with Crippen LogP contribution in [0.5, 0.6) is 0 Å². The summed E-state index contributed by atoms with van der Waals surface area (Å²) in [6, 6.07) is 111. The highest BCUT2D eigenvalue weighted by molar-refractivity contribution is 6.24. The number of nitrogens with zero attached hydrogens (tertiary/aromatic N) is 8. The molecular weight excluding hydrogens is 1170 g/mol. The number of fused-ring (bicyclic) bond motifs is 18. The average molecular weight is 1230 g/mol. The molecule has 0 fully saturated rings. The number of aromatic nitrogens is 6. The van der Waals surface area contributed by atoms with Crippen molar-refractivity contribution in [3.05, 3.63) is 333 Å². The molecule has 20 rings (SSSR count). The molecule has 0 saturated carbocycles. The SMILES string of the molecule is C1=Cc2c(c3ccccc3n2-c2ccc(N(c3ccc(-n4c5ccccc5c5ccccc54)cc3)c3ccc4c(c3)c3cc(N(c5ccc(-n6c7ccccc7c7ccccc76)cc5)c5ccc(-n6c7ccccc7c7ccccc76)cc5)ccc3c3nccnc43)cc2)CC1. The van der Waals surface area contributed by atoms with Crippen LogP contribution in [0.1, 0.15) is 17.7 Å². The molecular formula is C88H58N8. The van der Waals surface area contributed by atoms with E-state index in [4.69, 9.17) is 9.97 Å². The highest BCUT2D eigenvalue weighted by Crippen LogP contribution is 2.46. The summed E-state index contributed by atoms with van der Waals surface area (Å²) in [5, 5.41) is 12.9. The van der Waals surface area contributed by atoms with Gasteiger partial charge in [0.2, 0.25) is 0 Å². The number of benzene rings is 14. The van der Waals surface area contributed by atoms with Crippen LogP contribution in [0.2, 0.25) is 0 Å². The van der Waals surface area contributed by atoms with E-state index in [1.807, 2.05) is 12.4 Å². The van der Waals surface area contributed by atoms with Gasteiger partial charge in [-0.25, -0.2) is 0 Å². The maximum absolute atomic E-state index is 5.10. The van der Waals surface area contributed by atoms with Gasteiger partial charge in [-0.2, -0.15) is 0 Å². The molecule has 0 atom stereocenters. The number of hydrogen-bond acceptors (Lipinski definition) is 4. The lowest BCUT2D eigenvalue weighted by atomic mass is 9.97. The van der Waals surface area contributed by atoms with Gasteiger partial charge in [0.05, 0.1) is 49.7 Å². The topological polar surface area (TPSA) is 52.0 Å². The third-order valence-corrected chi connectivity index (χ3v) is 20.1. The van der Waals surface area contributed by atoms with Crippen LogP contribution in [0.25, 0.3) is 138 Å². The van der Waals surface area contributed by atoms with E-state index >= 15 is 0 Å². The number of hydrogen-bond donors (Lipinski definition) is 0. The normalized spacial score (nSPS) is 12.5. The molecule has 0 amide bonds. The lowest BCUT2D eigenvalue weighted by Crippen LogP contribution is -2.11. The van der Waals surface area contributed by atoms with Gasteiger partial charge in [0.25, 0.3) is 0 Å². The van der Waals surface area contributed by atoms with Crippen LogP contribution in [-0.4, -0.2) is 28.2 Å². The van der Waals surface area contributed by atoms with E-state index in [-0.39, 0.29) is 0 Å². The van der Waals surface area contributed by atoms with E-state index in [2.05, 4.69) is 344 Å². The first kappa shape index (κ1) is 53.8. The van der Waals surface area contributed by atoms with Crippen molar-refractivity contribution in [3.63, 3.8) is 0 Å². The molecule has 0 unspecified atom stereocenters. The van der Waals surface area contributed by atoms with Crippen molar-refractivity contribution in [2.45, 2.75) is 12.8 Å². The van der Waals surface area contributed by atoms with E-state index in [9.17, 15) is 0 Å². The fourth-order valence-corrected chi connectivity index (χ4v) is 15.9. The van der Waals surface area contributed by atoms with Crippen molar-refractivity contribution in [2.75, 3.05) is 9.80 Å². The second kappa shape index (κ2) is 21.4. The predicted molar refractivity (Wildman–Crippen MR) is 401 cm³/mol. The Labute approximate surface area is 552 Å². The lowest BCUT2D eigenvalue weighted by Gasteiger charge is -2.28. The van der Waals surface area contributed by atoms with Crippen LogP contribution < -0.4 is 9.80 Å². The third-order valence-electron chi connectivity index (χ3n) is 20.1. The molecule has 5 heterocycles. The quantitative estimate of drug-likeness (QED) is 0.128. The Morgan fingerprint density at radius 2 is 0.531 bits per heavy atom. The number of anilines is 6. The minimum atomic E-state index is 0.861. The fraction of sp³-hybridized carbons (Fsp3) is 0.0227. The number of rotatable bonds is 10. The van der Waals surface area contributed by atoms with E-state index < -0.39 is 0 Å². The Morgan fingerprint density at radius 1 is 0.250 bits per heavy atom. The van der Waals surface area contributed by atoms with Gasteiger partial charge in [-0.15, -0.1) is 0 Å². The van der Waals surface area contributed by atoms with Gasteiger partial charge in [-0.3, -0.25) is 9.97 Å². The highest BCUT2D eigenvalue weighted by atomic mass is 15.2. The van der Waals surface area contributed by atoms with Crippen LogP contribution in [-0.2, 0) is 6.42 Å². The van der Waals surface area contributed by atoms with Crippen LogP contribution in [0.3, 0.4) is 0 Å². The molecule has 14 aromatic carbocycles.